The molecule has 128 valence electrons. The summed E-state index contributed by atoms with van der Waals surface area (Å²) in [5, 5.41) is 3.58. The zero-order valence-corrected chi connectivity index (χ0v) is 15.1. The zero-order valence-electron chi connectivity index (χ0n) is 15.1. The molecule has 2 rings (SSSR count). The maximum atomic E-state index is 12.3. The SMILES string of the molecule is CC(C)N(CCNC1Cc2ccccc2C1)C(=O)OC(C)(C)C. The first-order valence-electron chi connectivity index (χ1n) is 8.56. The highest BCUT2D eigenvalue weighted by molar-refractivity contribution is 5.68. The first-order valence-corrected chi connectivity index (χ1v) is 8.56. The predicted octanol–water partition coefficient (Wildman–Crippen LogP) is 3.39. The van der Waals surface area contributed by atoms with E-state index >= 15 is 0 Å². The van der Waals surface area contributed by atoms with Crippen molar-refractivity contribution in [2.24, 2.45) is 0 Å². The van der Waals surface area contributed by atoms with Gasteiger partial charge in [-0.3, -0.25) is 0 Å². The fourth-order valence-corrected chi connectivity index (χ4v) is 2.97. The van der Waals surface area contributed by atoms with Crippen LogP contribution in [0.1, 0.15) is 45.7 Å². The van der Waals surface area contributed by atoms with Gasteiger partial charge in [-0.1, -0.05) is 24.3 Å². The summed E-state index contributed by atoms with van der Waals surface area (Å²) in [5.41, 5.74) is 2.43. The lowest BCUT2D eigenvalue weighted by atomic mass is 10.1. The van der Waals surface area contributed by atoms with Gasteiger partial charge in [-0.15, -0.1) is 0 Å². The van der Waals surface area contributed by atoms with Gasteiger partial charge >= 0.3 is 6.09 Å². The Labute approximate surface area is 140 Å². The molecule has 4 heteroatoms. The number of rotatable bonds is 5. The minimum Gasteiger partial charge on any atom is -0.444 e. The molecule has 0 saturated carbocycles. The maximum Gasteiger partial charge on any atom is 0.410 e. The van der Waals surface area contributed by atoms with E-state index in [9.17, 15) is 4.79 Å². The second-order valence-corrected chi connectivity index (χ2v) is 7.60. The summed E-state index contributed by atoms with van der Waals surface area (Å²) in [6.45, 7) is 11.2. The van der Waals surface area contributed by atoms with Crippen molar-refractivity contribution in [3.63, 3.8) is 0 Å². The number of amides is 1. The van der Waals surface area contributed by atoms with Crippen LogP contribution in [0.15, 0.2) is 24.3 Å². The fourth-order valence-electron chi connectivity index (χ4n) is 2.97. The molecular weight excluding hydrogens is 288 g/mol. The molecule has 4 nitrogen and oxygen atoms in total. The molecule has 0 spiro atoms. The smallest absolute Gasteiger partial charge is 0.410 e. The highest BCUT2D eigenvalue weighted by Crippen LogP contribution is 2.21. The molecule has 0 atom stereocenters. The zero-order chi connectivity index (χ0) is 17.0. The largest absolute Gasteiger partial charge is 0.444 e. The van der Waals surface area contributed by atoms with Crippen LogP contribution >= 0.6 is 0 Å². The van der Waals surface area contributed by atoms with Gasteiger partial charge < -0.3 is 15.0 Å². The molecule has 0 saturated heterocycles. The van der Waals surface area contributed by atoms with E-state index in [2.05, 4.69) is 29.6 Å². The van der Waals surface area contributed by atoms with Crippen molar-refractivity contribution in [2.45, 2.75) is 65.1 Å². The lowest BCUT2D eigenvalue weighted by molar-refractivity contribution is 0.0192. The van der Waals surface area contributed by atoms with Crippen molar-refractivity contribution >= 4 is 6.09 Å². The molecule has 0 unspecified atom stereocenters. The number of hydrogen-bond donors (Lipinski definition) is 1. The second kappa shape index (κ2) is 7.35. The monoisotopic (exact) mass is 318 g/mol. The van der Waals surface area contributed by atoms with E-state index in [0.29, 0.717) is 12.6 Å². The molecule has 1 aliphatic carbocycles. The highest BCUT2D eigenvalue weighted by atomic mass is 16.6. The van der Waals surface area contributed by atoms with Crippen molar-refractivity contribution in [1.82, 2.24) is 10.2 Å². The Morgan fingerprint density at radius 3 is 2.30 bits per heavy atom. The fraction of sp³-hybridized carbons (Fsp3) is 0.632. The minimum absolute atomic E-state index is 0.132. The van der Waals surface area contributed by atoms with Crippen LogP contribution in [0.5, 0.6) is 0 Å². The third-order valence-corrected chi connectivity index (χ3v) is 4.09. The van der Waals surface area contributed by atoms with E-state index in [1.807, 2.05) is 34.6 Å². The second-order valence-electron chi connectivity index (χ2n) is 7.60. The number of nitrogens with one attached hydrogen (secondary N) is 1. The maximum absolute atomic E-state index is 12.3. The van der Waals surface area contributed by atoms with E-state index in [1.165, 1.54) is 11.1 Å². The van der Waals surface area contributed by atoms with Crippen molar-refractivity contribution in [2.75, 3.05) is 13.1 Å². The summed E-state index contributed by atoms with van der Waals surface area (Å²) in [4.78, 5) is 14.1. The van der Waals surface area contributed by atoms with Crippen LogP contribution in [0.2, 0.25) is 0 Å². The van der Waals surface area contributed by atoms with E-state index in [-0.39, 0.29) is 12.1 Å². The molecule has 0 heterocycles. The third-order valence-electron chi connectivity index (χ3n) is 4.09. The predicted molar refractivity (Wildman–Crippen MR) is 93.7 cm³/mol. The van der Waals surface area contributed by atoms with Crippen LogP contribution in [0.25, 0.3) is 0 Å². The number of benzene rings is 1. The molecule has 0 fully saturated rings. The van der Waals surface area contributed by atoms with Gasteiger partial charge in [0.05, 0.1) is 0 Å². The van der Waals surface area contributed by atoms with Gasteiger partial charge in [0.2, 0.25) is 0 Å². The molecule has 1 aromatic rings. The Morgan fingerprint density at radius 1 is 1.26 bits per heavy atom. The van der Waals surface area contributed by atoms with Crippen LogP contribution in [0.3, 0.4) is 0 Å². The Bertz CT molecular complexity index is 509. The lowest BCUT2D eigenvalue weighted by Gasteiger charge is -2.30. The Morgan fingerprint density at radius 2 is 1.83 bits per heavy atom. The molecule has 0 aromatic heterocycles. The van der Waals surface area contributed by atoms with Gasteiger partial charge in [0, 0.05) is 25.2 Å². The first-order chi connectivity index (χ1) is 10.8. The summed E-state index contributed by atoms with van der Waals surface area (Å²) in [5.74, 6) is 0. The van der Waals surface area contributed by atoms with Gasteiger partial charge in [0.25, 0.3) is 0 Å². The van der Waals surface area contributed by atoms with Gasteiger partial charge in [0.1, 0.15) is 5.60 Å². The van der Waals surface area contributed by atoms with E-state index in [4.69, 9.17) is 4.74 Å². The standard InChI is InChI=1S/C19H30N2O2/c1-14(2)21(18(22)23-19(3,4)5)11-10-20-17-12-15-8-6-7-9-16(15)13-17/h6-9,14,17,20H,10-13H2,1-5H3. The van der Waals surface area contributed by atoms with Crippen LogP contribution in [-0.4, -0.2) is 41.8 Å². The van der Waals surface area contributed by atoms with Crippen molar-refractivity contribution < 1.29 is 9.53 Å². The van der Waals surface area contributed by atoms with E-state index in [0.717, 1.165) is 19.4 Å². The number of carbonyl (C=O) groups excluding carboxylic acids is 1. The Balaban J connectivity index is 1.81. The molecule has 0 bridgehead atoms. The normalized spacial score (nSPS) is 14.9. The molecule has 1 aromatic carbocycles. The summed E-state index contributed by atoms with van der Waals surface area (Å²) >= 11 is 0. The lowest BCUT2D eigenvalue weighted by Crippen LogP contribution is -2.45. The molecule has 23 heavy (non-hydrogen) atoms. The van der Waals surface area contributed by atoms with Crippen molar-refractivity contribution in [3.8, 4) is 0 Å². The molecule has 1 amide bonds. The van der Waals surface area contributed by atoms with E-state index < -0.39 is 5.60 Å². The number of nitrogens with zero attached hydrogens (tertiary/aromatic N) is 1. The third kappa shape index (κ3) is 5.24. The first kappa shape index (κ1) is 17.8. The summed E-state index contributed by atoms with van der Waals surface area (Å²) < 4.78 is 5.49. The highest BCUT2D eigenvalue weighted by Gasteiger charge is 2.25. The van der Waals surface area contributed by atoms with Gasteiger partial charge in [0.15, 0.2) is 0 Å². The van der Waals surface area contributed by atoms with Crippen LogP contribution in [0.4, 0.5) is 4.79 Å². The van der Waals surface area contributed by atoms with Crippen LogP contribution in [0, 0.1) is 0 Å². The average Bonchev–Trinajstić information content (AvgIpc) is 2.83. The number of carbonyl (C=O) groups is 1. The summed E-state index contributed by atoms with van der Waals surface area (Å²) in [6.07, 6.45) is 1.91. The molecule has 0 radical (unpaired) electrons. The quantitative estimate of drug-likeness (QED) is 0.905. The van der Waals surface area contributed by atoms with Gasteiger partial charge in [-0.2, -0.15) is 0 Å². The Kier molecular flexibility index (Phi) is 5.69. The van der Waals surface area contributed by atoms with Crippen LogP contribution < -0.4 is 5.32 Å². The van der Waals surface area contributed by atoms with Gasteiger partial charge in [-0.25, -0.2) is 4.79 Å². The molecule has 0 aliphatic heterocycles. The number of fused-ring (bicyclic) bond motifs is 1. The number of ether oxygens (including phenoxy) is 1. The van der Waals surface area contributed by atoms with Crippen LogP contribution in [-0.2, 0) is 17.6 Å². The minimum atomic E-state index is -0.454. The van der Waals surface area contributed by atoms with Gasteiger partial charge in [-0.05, 0) is 58.6 Å². The summed E-state index contributed by atoms with van der Waals surface area (Å²) in [6, 6.07) is 9.22. The Hall–Kier alpha value is -1.55. The summed E-state index contributed by atoms with van der Waals surface area (Å²) in [7, 11) is 0. The number of hydrogen-bond acceptors (Lipinski definition) is 3. The topological polar surface area (TPSA) is 41.6 Å². The average molecular weight is 318 g/mol. The molecular formula is C19H30N2O2. The van der Waals surface area contributed by atoms with Crippen molar-refractivity contribution in [3.05, 3.63) is 35.4 Å². The van der Waals surface area contributed by atoms with Crippen molar-refractivity contribution in [1.29, 1.82) is 0 Å². The molecule has 1 aliphatic rings. The van der Waals surface area contributed by atoms with E-state index in [1.54, 1.807) is 4.90 Å². The molecule has 1 N–H and O–H groups in total.